The standard InChI is InChI=1S/C21H18N4O2/c1-15-7-6-10-17(13-15)25-20(26)14-19(27-2)21(23-25)18-11-12-22-24(18)16-8-4-3-5-9-16/h3-14H,1-2H3. The summed E-state index contributed by atoms with van der Waals surface area (Å²) in [7, 11) is 1.53. The maximum absolute atomic E-state index is 12.6. The van der Waals surface area contributed by atoms with Gasteiger partial charge < -0.3 is 4.74 Å². The van der Waals surface area contributed by atoms with E-state index >= 15 is 0 Å². The van der Waals surface area contributed by atoms with Crippen LogP contribution in [0.15, 0.2) is 77.7 Å². The molecule has 0 aliphatic heterocycles. The maximum atomic E-state index is 12.6. The Morgan fingerprint density at radius 1 is 0.889 bits per heavy atom. The molecule has 2 aromatic carbocycles. The van der Waals surface area contributed by atoms with Crippen LogP contribution in [0.1, 0.15) is 5.56 Å². The number of benzene rings is 2. The van der Waals surface area contributed by atoms with Crippen molar-refractivity contribution >= 4 is 0 Å². The van der Waals surface area contributed by atoms with Crippen molar-refractivity contribution in [3.05, 3.63) is 88.8 Å². The fraction of sp³-hybridized carbons (Fsp3) is 0.0952. The molecule has 0 radical (unpaired) electrons. The summed E-state index contributed by atoms with van der Waals surface area (Å²) in [4.78, 5) is 12.6. The van der Waals surface area contributed by atoms with Crippen LogP contribution in [0.3, 0.4) is 0 Å². The van der Waals surface area contributed by atoms with E-state index in [1.54, 1.807) is 10.9 Å². The zero-order valence-corrected chi connectivity index (χ0v) is 15.0. The van der Waals surface area contributed by atoms with Gasteiger partial charge in [-0.15, -0.1) is 0 Å². The van der Waals surface area contributed by atoms with E-state index in [0.717, 1.165) is 16.9 Å². The summed E-state index contributed by atoms with van der Waals surface area (Å²) >= 11 is 0. The van der Waals surface area contributed by atoms with Crippen LogP contribution in [0.5, 0.6) is 5.75 Å². The number of aryl methyl sites for hydroxylation is 1. The van der Waals surface area contributed by atoms with E-state index in [2.05, 4.69) is 10.2 Å². The summed E-state index contributed by atoms with van der Waals surface area (Å²) in [5.41, 5.74) is 3.67. The molecule has 0 aliphatic carbocycles. The van der Waals surface area contributed by atoms with Crippen molar-refractivity contribution in [1.29, 1.82) is 0 Å². The van der Waals surface area contributed by atoms with E-state index in [9.17, 15) is 4.79 Å². The lowest BCUT2D eigenvalue weighted by atomic mass is 10.2. The number of methoxy groups -OCH3 is 1. The monoisotopic (exact) mass is 358 g/mol. The largest absolute Gasteiger partial charge is 0.494 e. The highest BCUT2D eigenvalue weighted by atomic mass is 16.5. The molecule has 134 valence electrons. The van der Waals surface area contributed by atoms with Gasteiger partial charge in [-0.05, 0) is 42.8 Å². The Morgan fingerprint density at radius 3 is 2.41 bits per heavy atom. The molecule has 0 saturated heterocycles. The maximum Gasteiger partial charge on any atom is 0.275 e. The predicted molar refractivity (Wildman–Crippen MR) is 104 cm³/mol. The van der Waals surface area contributed by atoms with E-state index in [1.807, 2.05) is 67.6 Å². The van der Waals surface area contributed by atoms with Crippen molar-refractivity contribution < 1.29 is 4.74 Å². The van der Waals surface area contributed by atoms with Crippen LogP contribution in [0, 0.1) is 6.92 Å². The van der Waals surface area contributed by atoms with Gasteiger partial charge in [0.2, 0.25) is 0 Å². The number of hydrogen-bond donors (Lipinski definition) is 0. The lowest BCUT2D eigenvalue weighted by Gasteiger charge is -2.13. The number of aromatic nitrogens is 4. The second kappa shape index (κ2) is 6.92. The highest BCUT2D eigenvalue weighted by Gasteiger charge is 2.17. The first kappa shape index (κ1) is 16.8. The van der Waals surface area contributed by atoms with Crippen molar-refractivity contribution in [1.82, 2.24) is 19.6 Å². The third-order valence-corrected chi connectivity index (χ3v) is 4.25. The molecule has 4 aromatic rings. The lowest BCUT2D eigenvalue weighted by Crippen LogP contribution is -2.22. The van der Waals surface area contributed by atoms with E-state index in [4.69, 9.17) is 4.74 Å². The third kappa shape index (κ3) is 3.13. The summed E-state index contributed by atoms with van der Waals surface area (Å²) < 4.78 is 8.59. The quantitative estimate of drug-likeness (QED) is 0.561. The molecule has 4 rings (SSSR count). The Morgan fingerprint density at radius 2 is 1.67 bits per heavy atom. The molecule has 0 spiro atoms. The summed E-state index contributed by atoms with van der Waals surface area (Å²) in [5.74, 6) is 0.404. The van der Waals surface area contributed by atoms with Crippen molar-refractivity contribution in [3.8, 4) is 28.5 Å². The second-order valence-electron chi connectivity index (χ2n) is 6.11. The predicted octanol–water partition coefficient (Wildman–Crippen LogP) is 3.40. The fourth-order valence-electron chi connectivity index (χ4n) is 2.98. The van der Waals surface area contributed by atoms with Gasteiger partial charge in [-0.3, -0.25) is 4.79 Å². The SMILES string of the molecule is COc1cc(=O)n(-c2cccc(C)c2)nc1-c1ccnn1-c1ccccc1. The summed E-state index contributed by atoms with van der Waals surface area (Å²) in [5, 5.41) is 9.01. The molecule has 2 heterocycles. The van der Waals surface area contributed by atoms with E-state index in [-0.39, 0.29) is 5.56 Å². The van der Waals surface area contributed by atoms with Gasteiger partial charge in [0.25, 0.3) is 5.56 Å². The van der Waals surface area contributed by atoms with E-state index in [1.165, 1.54) is 17.9 Å². The number of ether oxygens (including phenoxy) is 1. The second-order valence-corrected chi connectivity index (χ2v) is 6.11. The van der Waals surface area contributed by atoms with Crippen molar-refractivity contribution in [3.63, 3.8) is 0 Å². The van der Waals surface area contributed by atoms with Crippen LogP contribution in [-0.4, -0.2) is 26.7 Å². The van der Waals surface area contributed by atoms with Gasteiger partial charge in [0.05, 0.1) is 30.4 Å². The topological polar surface area (TPSA) is 61.9 Å². The molecule has 0 fully saturated rings. The molecule has 6 heteroatoms. The summed E-state index contributed by atoms with van der Waals surface area (Å²) in [6.07, 6.45) is 1.70. The van der Waals surface area contributed by atoms with Gasteiger partial charge in [-0.2, -0.15) is 14.9 Å². The fourth-order valence-corrected chi connectivity index (χ4v) is 2.98. The molecular weight excluding hydrogens is 340 g/mol. The molecule has 0 N–H and O–H groups in total. The minimum atomic E-state index is -0.257. The van der Waals surface area contributed by atoms with Gasteiger partial charge >= 0.3 is 0 Å². The Bertz CT molecular complexity index is 1150. The van der Waals surface area contributed by atoms with Gasteiger partial charge in [0.1, 0.15) is 0 Å². The van der Waals surface area contributed by atoms with Crippen LogP contribution in [0.4, 0.5) is 0 Å². The molecule has 0 aliphatic rings. The van der Waals surface area contributed by atoms with Gasteiger partial charge in [-0.1, -0.05) is 30.3 Å². The highest BCUT2D eigenvalue weighted by molar-refractivity contribution is 5.64. The van der Waals surface area contributed by atoms with Crippen LogP contribution in [0.25, 0.3) is 22.8 Å². The summed E-state index contributed by atoms with van der Waals surface area (Å²) in [6, 6.07) is 20.7. The molecular formula is C21H18N4O2. The van der Waals surface area contributed by atoms with Gasteiger partial charge in [0, 0.05) is 6.07 Å². The average Bonchev–Trinajstić information content (AvgIpc) is 3.18. The van der Waals surface area contributed by atoms with Crippen LogP contribution in [-0.2, 0) is 0 Å². The van der Waals surface area contributed by atoms with Crippen molar-refractivity contribution in [2.24, 2.45) is 0 Å². The first-order valence-electron chi connectivity index (χ1n) is 8.52. The number of nitrogens with zero attached hydrogens (tertiary/aromatic N) is 4. The van der Waals surface area contributed by atoms with E-state index < -0.39 is 0 Å². The van der Waals surface area contributed by atoms with Gasteiger partial charge in [-0.25, -0.2) is 4.68 Å². The number of hydrogen-bond acceptors (Lipinski definition) is 4. The first-order chi connectivity index (χ1) is 13.2. The Hall–Kier alpha value is -3.67. The van der Waals surface area contributed by atoms with Crippen LogP contribution < -0.4 is 10.3 Å². The highest BCUT2D eigenvalue weighted by Crippen LogP contribution is 2.28. The van der Waals surface area contributed by atoms with Crippen LogP contribution in [0.2, 0.25) is 0 Å². The normalized spacial score (nSPS) is 10.7. The molecule has 0 unspecified atom stereocenters. The molecule has 0 bridgehead atoms. The molecule has 27 heavy (non-hydrogen) atoms. The molecule has 2 aromatic heterocycles. The Labute approximate surface area is 156 Å². The average molecular weight is 358 g/mol. The minimum Gasteiger partial charge on any atom is -0.494 e. The molecule has 0 amide bonds. The third-order valence-electron chi connectivity index (χ3n) is 4.25. The molecule has 6 nitrogen and oxygen atoms in total. The molecule has 0 atom stereocenters. The lowest BCUT2D eigenvalue weighted by molar-refractivity contribution is 0.411. The zero-order chi connectivity index (χ0) is 18.8. The van der Waals surface area contributed by atoms with Crippen molar-refractivity contribution in [2.75, 3.05) is 7.11 Å². The Balaban J connectivity index is 1.93. The number of para-hydroxylation sites is 1. The minimum absolute atomic E-state index is 0.257. The Kier molecular flexibility index (Phi) is 4.30. The smallest absolute Gasteiger partial charge is 0.275 e. The first-order valence-corrected chi connectivity index (χ1v) is 8.52. The molecule has 0 saturated carbocycles. The van der Waals surface area contributed by atoms with Crippen LogP contribution >= 0.6 is 0 Å². The summed E-state index contributed by atoms with van der Waals surface area (Å²) in [6.45, 7) is 1.98. The van der Waals surface area contributed by atoms with E-state index in [0.29, 0.717) is 17.1 Å². The zero-order valence-electron chi connectivity index (χ0n) is 15.0. The van der Waals surface area contributed by atoms with Crippen molar-refractivity contribution in [2.45, 2.75) is 6.92 Å². The van der Waals surface area contributed by atoms with Gasteiger partial charge in [0.15, 0.2) is 11.4 Å². The number of rotatable bonds is 4.